The van der Waals surface area contributed by atoms with E-state index in [1.165, 1.54) is 57.8 Å². The van der Waals surface area contributed by atoms with Gasteiger partial charge in [0, 0.05) is 0 Å². The summed E-state index contributed by atoms with van der Waals surface area (Å²) in [7, 11) is 0. The van der Waals surface area contributed by atoms with Crippen molar-refractivity contribution < 1.29 is 0 Å². The van der Waals surface area contributed by atoms with Gasteiger partial charge in [0.15, 0.2) is 0 Å². The standard InChI is InChI=1S/C19H31/c1-3-5-7-9-11-13-15-17-19-18-16-14-12-10-8-6-4-2/h3,5,7,9,11-13,15H,1,4,6,8,10,14,16-19H2,2H3/b7-5+,11-9+,15-13+. The number of hydrogen-bond donors (Lipinski definition) is 0. The molecule has 0 heteroatoms. The second-order valence-electron chi connectivity index (χ2n) is 4.86. The van der Waals surface area contributed by atoms with Gasteiger partial charge in [-0.2, -0.15) is 0 Å². The second kappa shape index (κ2) is 17.0. The van der Waals surface area contributed by atoms with Gasteiger partial charge in [0.2, 0.25) is 0 Å². The molecule has 0 bridgehead atoms. The van der Waals surface area contributed by atoms with Crippen molar-refractivity contribution in [1.82, 2.24) is 0 Å². The molecule has 0 atom stereocenters. The molecule has 0 nitrogen and oxygen atoms in total. The van der Waals surface area contributed by atoms with Gasteiger partial charge in [-0.05, 0) is 19.3 Å². The number of hydrogen-bond acceptors (Lipinski definition) is 0. The minimum absolute atomic E-state index is 1.20. The maximum atomic E-state index is 3.62. The van der Waals surface area contributed by atoms with Crippen LogP contribution < -0.4 is 0 Å². The average Bonchev–Trinajstić information content (AvgIpc) is 2.43. The van der Waals surface area contributed by atoms with Crippen LogP contribution in [0, 0.1) is 6.42 Å². The molecular formula is C19H31. The third-order valence-corrected chi connectivity index (χ3v) is 3.01. The molecule has 0 fully saturated rings. The van der Waals surface area contributed by atoms with E-state index in [4.69, 9.17) is 0 Å². The Labute approximate surface area is 121 Å². The Balaban J connectivity index is 3.17. The third-order valence-electron chi connectivity index (χ3n) is 3.01. The summed E-state index contributed by atoms with van der Waals surface area (Å²) in [4.78, 5) is 0. The minimum atomic E-state index is 1.20. The Morgan fingerprint density at radius 1 is 0.684 bits per heavy atom. The first kappa shape index (κ1) is 18.0. The number of allylic oxidation sites excluding steroid dienone is 7. The molecule has 0 N–H and O–H groups in total. The Morgan fingerprint density at radius 2 is 1.32 bits per heavy atom. The van der Waals surface area contributed by atoms with Gasteiger partial charge in [0.25, 0.3) is 0 Å². The van der Waals surface area contributed by atoms with Crippen molar-refractivity contribution in [2.45, 2.75) is 64.7 Å². The third kappa shape index (κ3) is 17.0. The van der Waals surface area contributed by atoms with E-state index >= 15 is 0 Å². The quantitative estimate of drug-likeness (QED) is 0.259. The fraction of sp³-hybridized carbons (Fsp3) is 0.526. The Kier molecular flexibility index (Phi) is 16.0. The molecule has 0 aliphatic carbocycles. The molecule has 0 aromatic heterocycles. The monoisotopic (exact) mass is 259 g/mol. The molecule has 0 rings (SSSR count). The topological polar surface area (TPSA) is 0 Å². The van der Waals surface area contributed by atoms with E-state index in [-0.39, 0.29) is 0 Å². The maximum Gasteiger partial charge on any atom is -0.0348 e. The number of rotatable bonds is 13. The van der Waals surface area contributed by atoms with E-state index in [0.29, 0.717) is 0 Å². The predicted octanol–water partition coefficient (Wildman–Crippen LogP) is 6.58. The largest absolute Gasteiger partial charge is 0.0991 e. The van der Waals surface area contributed by atoms with Crippen LogP contribution in [0.5, 0.6) is 0 Å². The van der Waals surface area contributed by atoms with Crippen LogP contribution >= 0.6 is 0 Å². The summed E-state index contributed by atoms with van der Waals surface area (Å²) in [5.74, 6) is 0. The molecule has 0 aromatic rings. The van der Waals surface area contributed by atoms with E-state index in [9.17, 15) is 0 Å². The van der Waals surface area contributed by atoms with Crippen LogP contribution in [-0.2, 0) is 0 Å². The van der Waals surface area contributed by atoms with Crippen molar-refractivity contribution in [3.05, 3.63) is 55.5 Å². The molecule has 1 radical (unpaired) electrons. The van der Waals surface area contributed by atoms with Crippen LogP contribution in [-0.4, -0.2) is 0 Å². The Morgan fingerprint density at radius 3 is 2.05 bits per heavy atom. The van der Waals surface area contributed by atoms with Crippen molar-refractivity contribution in [3.8, 4) is 0 Å². The fourth-order valence-electron chi connectivity index (χ4n) is 1.86. The zero-order chi connectivity index (χ0) is 14.0. The molecule has 0 saturated carbocycles. The summed E-state index contributed by atoms with van der Waals surface area (Å²) in [5.41, 5.74) is 0. The van der Waals surface area contributed by atoms with Crippen LogP contribution in [0.2, 0.25) is 0 Å². The summed E-state index contributed by atoms with van der Waals surface area (Å²) < 4.78 is 0. The van der Waals surface area contributed by atoms with Crippen molar-refractivity contribution in [3.63, 3.8) is 0 Å². The molecule has 0 aromatic carbocycles. The van der Waals surface area contributed by atoms with Crippen LogP contribution in [0.15, 0.2) is 49.1 Å². The second-order valence-corrected chi connectivity index (χ2v) is 4.86. The van der Waals surface area contributed by atoms with Gasteiger partial charge in [-0.3, -0.25) is 0 Å². The zero-order valence-corrected chi connectivity index (χ0v) is 12.7. The Bertz CT molecular complexity index is 255. The first-order valence-electron chi connectivity index (χ1n) is 7.84. The van der Waals surface area contributed by atoms with Gasteiger partial charge in [0.05, 0.1) is 0 Å². The highest BCUT2D eigenvalue weighted by Gasteiger charge is 1.91. The van der Waals surface area contributed by atoms with E-state index in [1.54, 1.807) is 6.08 Å². The van der Waals surface area contributed by atoms with Gasteiger partial charge >= 0.3 is 0 Å². The molecule has 0 aliphatic rings. The van der Waals surface area contributed by atoms with Crippen molar-refractivity contribution in [1.29, 1.82) is 0 Å². The van der Waals surface area contributed by atoms with Gasteiger partial charge < -0.3 is 0 Å². The summed E-state index contributed by atoms with van der Waals surface area (Å²) in [6.07, 6.45) is 28.6. The molecule has 0 amide bonds. The van der Waals surface area contributed by atoms with E-state index in [1.807, 2.05) is 18.2 Å². The van der Waals surface area contributed by atoms with E-state index < -0.39 is 0 Å². The van der Waals surface area contributed by atoms with E-state index in [2.05, 4.69) is 38.2 Å². The summed E-state index contributed by atoms with van der Waals surface area (Å²) in [6, 6.07) is 0. The molecule has 0 heterocycles. The highest BCUT2D eigenvalue weighted by Crippen LogP contribution is 2.09. The molecule has 19 heavy (non-hydrogen) atoms. The molecule has 0 unspecified atom stereocenters. The summed E-state index contributed by atoms with van der Waals surface area (Å²) in [6.45, 7) is 5.89. The normalized spacial score (nSPS) is 12.1. The van der Waals surface area contributed by atoms with Crippen molar-refractivity contribution >= 4 is 0 Å². The summed E-state index contributed by atoms with van der Waals surface area (Å²) in [5, 5.41) is 0. The SMILES string of the molecule is C=C/C=C/C=C/C=C/CCCCC[CH]CCCCC. The number of unbranched alkanes of at least 4 members (excludes halogenated alkanes) is 9. The molecule has 107 valence electrons. The van der Waals surface area contributed by atoms with Gasteiger partial charge in [0.1, 0.15) is 0 Å². The first-order chi connectivity index (χ1) is 9.41. The average molecular weight is 259 g/mol. The Hall–Kier alpha value is -1.04. The van der Waals surface area contributed by atoms with Crippen LogP contribution in [0.3, 0.4) is 0 Å². The highest BCUT2D eigenvalue weighted by molar-refractivity contribution is 5.14. The van der Waals surface area contributed by atoms with Crippen LogP contribution in [0.4, 0.5) is 0 Å². The van der Waals surface area contributed by atoms with Crippen LogP contribution in [0.25, 0.3) is 0 Å². The van der Waals surface area contributed by atoms with Gasteiger partial charge in [-0.1, -0.05) is 101 Å². The highest BCUT2D eigenvalue weighted by atomic mass is 14.0. The van der Waals surface area contributed by atoms with E-state index in [0.717, 1.165) is 0 Å². The molecule has 0 aliphatic heterocycles. The maximum absolute atomic E-state index is 3.62. The van der Waals surface area contributed by atoms with Gasteiger partial charge in [-0.15, -0.1) is 0 Å². The molecular weight excluding hydrogens is 228 g/mol. The predicted molar refractivity (Wildman–Crippen MR) is 89.1 cm³/mol. The van der Waals surface area contributed by atoms with Crippen LogP contribution in [0.1, 0.15) is 64.7 Å². The minimum Gasteiger partial charge on any atom is -0.0991 e. The first-order valence-corrected chi connectivity index (χ1v) is 7.84. The molecule has 0 saturated heterocycles. The lowest BCUT2D eigenvalue weighted by atomic mass is 10.1. The van der Waals surface area contributed by atoms with Gasteiger partial charge in [-0.25, -0.2) is 0 Å². The van der Waals surface area contributed by atoms with Crippen molar-refractivity contribution in [2.24, 2.45) is 0 Å². The lowest BCUT2D eigenvalue weighted by Gasteiger charge is -2.00. The molecule has 0 spiro atoms. The lowest BCUT2D eigenvalue weighted by molar-refractivity contribution is 0.643. The smallest absolute Gasteiger partial charge is 0.0348 e. The fourth-order valence-corrected chi connectivity index (χ4v) is 1.86. The zero-order valence-electron chi connectivity index (χ0n) is 12.7. The summed E-state index contributed by atoms with van der Waals surface area (Å²) >= 11 is 0. The lowest BCUT2D eigenvalue weighted by Crippen LogP contribution is -1.81. The van der Waals surface area contributed by atoms with Crippen molar-refractivity contribution in [2.75, 3.05) is 0 Å².